The highest BCUT2D eigenvalue weighted by atomic mass is 32.2. The predicted molar refractivity (Wildman–Crippen MR) is 132 cm³/mol. The predicted octanol–water partition coefficient (Wildman–Crippen LogP) is 3.67. The first kappa shape index (κ1) is 25.7. The second kappa shape index (κ2) is 10.6. The molecule has 2 aromatic carbocycles. The van der Waals surface area contributed by atoms with Gasteiger partial charge in [0.1, 0.15) is 5.75 Å². The Balaban J connectivity index is 1.64. The van der Waals surface area contributed by atoms with Gasteiger partial charge in [0.15, 0.2) is 6.61 Å². The standard InChI is InChI=1S/C25H33N3O5S/c1-17-9-14-22(34(31,32)27(4)5)15-23(17)26-25(30)20-10-12-21(13-11-20)33-16-24(29)28-18(2)7-6-8-19(28)3/h9-15,18-19H,6-8,16H2,1-5H3,(H,26,30). The van der Waals surface area contributed by atoms with E-state index in [4.69, 9.17) is 4.74 Å². The first-order valence-corrected chi connectivity index (χ1v) is 12.8. The smallest absolute Gasteiger partial charge is 0.260 e. The van der Waals surface area contributed by atoms with Gasteiger partial charge < -0.3 is 15.0 Å². The van der Waals surface area contributed by atoms with E-state index in [1.165, 1.54) is 26.2 Å². The quantitative estimate of drug-likeness (QED) is 0.643. The summed E-state index contributed by atoms with van der Waals surface area (Å²) in [6.07, 6.45) is 3.14. The van der Waals surface area contributed by atoms with Crippen molar-refractivity contribution in [3.05, 3.63) is 53.6 Å². The second-order valence-corrected chi connectivity index (χ2v) is 11.1. The number of carbonyl (C=O) groups is 2. The number of nitrogens with one attached hydrogen (secondary N) is 1. The minimum Gasteiger partial charge on any atom is -0.484 e. The Labute approximate surface area is 201 Å². The molecule has 34 heavy (non-hydrogen) atoms. The van der Waals surface area contributed by atoms with Gasteiger partial charge in [-0.3, -0.25) is 9.59 Å². The van der Waals surface area contributed by atoms with Crippen LogP contribution in [0.4, 0.5) is 5.69 Å². The topological polar surface area (TPSA) is 96.0 Å². The Morgan fingerprint density at radius 3 is 2.26 bits per heavy atom. The molecule has 8 nitrogen and oxygen atoms in total. The summed E-state index contributed by atoms with van der Waals surface area (Å²) >= 11 is 0. The van der Waals surface area contributed by atoms with Gasteiger partial charge in [-0.2, -0.15) is 0 Å². The van der Waals surface area contributed by atoms with Crippen molar-refractivity contribution in [2.45, 2.75) is 57.0 Å². The average molecular weight is 488 g/mol. The van der Waals surface area contributed by atoms with E-state index < -0.39 is 10.0 Å². The zero-order chi connectivity index (χ0) is 25.0. The lowest BCUT2D eigenvalue weighted by atomic mass is 9.97. The third kappa shape index (κ3) is 5.77. The summed E-state index contributed by atoms with van der Waals surface area (Å²) in [6, 6.07) is 11.5. The molecule has 2 unspecified atom stereocenters. The van der Waals surface area contributed by atoms with Crippen molar-refractivity contribution < 1.29 is 22.7 Å². The average Bonchev–Trinajstić information content (AvgIpc) is 2.79. The molecule has 2 amide bonds. The van der Waals surface area contributed by atoms with Crippen LogP contribution in [-0.4, -0.2) is 62.2 Å². The summed E-state index contributed by atoms with van der Waals surface area (Å²) in [5.41, 5.74) is 1.55. The summed E-state index contributed by atoms with van der Waals surface area (Å²) in [7, 11) is -0.703. The number of nitrogens with zero attached hydrogens (tertiary/aromatic N) is 2. The molecule has 0 saturated carbocycles. The molecule has 0 spiro atoms. The Morgan fingerprint density at radius 1 is 1.06 bits per heavy atom. The minimum absolute atomic E-state index is 0.0375. The largest absolute Gasteiger partial charge is 0.484 e. The normalized spacial score (nSPS) is 18.6. The zero-order valence-electron chi connectivity index (χ0n) is 20.4. The maximum atomic E-state index is 12.7. The Bertz CT molecular complexity index is 1140. The van der Waals surface area contributed by atoms with E-state index in [0.29, 0.717) is 17.0 Å². The first-order chi connectivity index (χ1) is 16.0. The van der Waals surface area contributed by atoms with Gasteiger partial charge in [0, 0.05) is 37.4 Å². The molecule has 3 rings (SSSR count). The van der Waals surface area contributed by atoms with Gasteiger partial charge in [0.05, 0.1) is 4.90 Å². The van der Waals surface area contributed by atoms with Crippen LogP contribution in [0.3, 0.4) is 0 Å². The van der Waals surface area contributed by atoms with E-state index in [9.17, 15) is 18.0 Å². The van der Waals surface area contributed by atoms with Crippen molar-refractivity contribution >= 4 is 27.5 Å². The van der Waals surface area contributed by atoms with E-state index in [1.54, 1.807) is 37.3 Å². The van der Waals surface area contributed by atoms with E-state index in [0.717, 1.165) is 29.1 Å². The summed E-state index contributed by atoms with van der Waals surface area (Å²) in [4.78, 5) is 27.4. The number of likely N-dealkylation sites (tertiary alicyclic amines) is 1. The highest BCUT2D eigenvalue weighted by molar-refractivity contribution is 7.89. The van der Waals surface area contributed by atoms with Crippen LogP contribution in [0.1, 0.15) is 49.0 Å². The fourth-order valence-corrected chi connectivity index (χ4v) is 5.06. The molecule has 0 radical (unpaired) electrons. The van der Waals surface area contributed by atoms with Crippen molar-refractivity contribution in [1.82, 2.24) is 9.21 Å². The lowest BCUT2D eigenvalue weighted by Crippen LogP contribution is -2.49. The van der Waals surface area contributed by atoms with Crippen molar-refractivity contribution in [1.29, 1.82) is 0 Å². The van der Waals surface area contributed by atoms with Gasteiger partial charge in [-0.15, -0.1) is 0 Å². The molecule has 184 valence electrons. The first-order valence-electron chi connectivity index (χ1n) is 11.4. The van der Waals surface area contributed by atoms with E-state index in [1.807, 2.05) is 4.90 Å². The third-order valence-electron chi connectivity index (χ3n) is 6.20. The molecule has 1 fully saturated rings. The minimum atomic E-state index is -3.62. The van der Waals surface area contributed by atoms with Gasteiger partial charge in [-0.25, -0.2) is 12.7 Å². The number of hydrogen-bond acceptors (Lipinski definition) is 5. The molecule has 0 aromatic heterocycles. The van der Waals surface area contributed by atoms with Crippen molar-refractivity contribution in [2.75, 3.05) is 26.0 Å². The molecule has 1 heterocycles. The van der Waals surface area contributed by atoms with Crippen LogP contribution >= 0.6 is 0 Å². The van der Waals surface area contributed by atoms with Gasteiger partial charge >= 0.3 is 0 Å². The van der Waals surface area contributed by atoms with Gasteiger partial charge in [-0.05, 0) is 82.0 Å². The molecule has 1 saturated heterocycles. The Morgan fingerprint density at radius 2 is 1.68 bits per heavy atom. The third-order valence-corrected chi connectivity index (χ3v) is 8.01. The summed E-state index contributed by atoms with van der Waals surface area (Å²) < 4.78 is 31.6. The SMILES string of the molecule is Cc1ccc(S(=O)(=O)N(C)C)cc1NC(=O)c1ccc(OCC(=O)N2C(C)CCCC2C)cc1. The number of anilines is 1. The molecule has 1 aliphatic rings. The van der Waals surface area contributed by atoms with E-state index in [2.05, 4.69) is 19.2 Å². The highest BCUT2D eigenvalue weighted by Crippen LogP contribution is 2.24. The second-order valence-electron chi connectivity index (χ2n) is 8.96. The number of piperidine rings is 1. The summed E-state index contributed by atoms with van der Waals surface area (Å²) in [6.45, 7) is 5.87. The molecule has 1 N–H and O–H groups in total. The summed E-state index contributed by atoms with van der Waals surface area (Å²) in [5, 5.41) is 2.78. The zero-order valence-corrected chi connectivity index (χ0v) is 21.2. The molecule has 1 aliphatic heterocycles. The van der Waals surface area contributed by atoms with Gasteiger partial charge in [-0.1, -0.05) is 6.07 Å². The number of aryl methyl sites for hydroxylation is 1. The number of rotatable bonds is 7. The molecular formula is C25H33N3O5S. The van der Waals surface area contributed by atoms with E-state index in [-0.39, 0.29) is 35.4 Å². The molecule has 0 bridgehead atoms. The maximum absolute atomic E-state index is 12.7. The van der Waals surface area contributed by atoms with Crippen LogP contribution in [0.25, 0.3) is 0 Å². The van der Waals surface area contributed by atoms with Gasteiger partial charge in [0.25, 0.3) is 11.8 Å². The fourth-order valence-electron chi connectivity index (χ4n) is 4.14. The van der Waals surface area contributed by atoms with Crippen LogP contribution < -0.4 is 10.1 Å². The number of benzene rings is 2. The molecule has 0 aliphatic carbocycles. The Kier molecular flexibility index (Phi) is 7.99. The van der Waals surface area contributed by atoms with Crippen molar-refractivity contribution in [3.8, 4) is 5.75 Å². The lowest BCUT2D eigenvalue weighted by Gasteiger charge is -2.38. The molecular weight excluding hydrogens is 454 g/mol. The van der Waals surface area contributed by atoms with Crippen LogP contribution in [0.15, 0.2) is 47.4 Å². The monoisotopic (exact) mass is 487 g/mol. The lowest BCUT2D eigenvalue weighted by molar-refractivity contribution is -0.139. The van der Waals surface area contributed by atoms with Crippen LogP contribution in [0.5, 0.6) is 5.75 Å². The van der Waals surface area contributed by atoms with Crippen LogP contribution in [0.2, 0.25) is 0 Å². The van der Waals surface area contributed by atoms with Gasteiger partial charge in [0.2, 0.25) is 10.0 Å². The molecule has 2 aromatic rings. The highest BCUT2D eigenvalue weighted by Gasteiger charge is 2.29. The number of hydrogen-bond donors (Lipinski definition) is 1. The number of carbonyl (C=O) groups excluding carboxylic acids is 2. The van der Waals surface area contributed by atoms with Crippen molar-refractivity contribution in [3.63, 3.8) is 0 Å². The Hall–Kier alpha value is -2.91. The summed E-state index contributed by atoms with van der Waals surface area (Å²) in [5.74, 6) is 0.0862. The number of amides is 2. The van der Waals surface area contributed by atoms with Crippen LogP contribution in [0, 0.1) is 6.92 Å². The van der Waals surface area contributed by atoms with Crippen molar-refractivity contribution in [2.24, 2.45) is 0 Å². The van der Waals surface area contributed by atoms with E-state index >= 15 is 0 Å². The number of sulfonamides is 1. The maximum Gasteiger partial charge on any atom is 0.260 e. The fraction of sp³-hybridized carbons (Fsp3) is 0.440. The molecule has 2 atom stereocenters. The molecule has 9 heteroatoms. The number of ether oxygens (including phenoxy) is 1. The van der Waals surface area contributed by atoms with Crippen LogP contribution in [-0.2, 0) is 14.8 Å².